The second kappa shape index (κ2) is 5.99. The first-order valence-electron chi connectivity index (χ1n) is 9.32. The maximum atomic E-state index is 12.8. The molecule has 1 aromatic carbocycles. The number of hydrogen-bond donors (Lipinski definition) is 1. The molecule has 1 N–H and O–H groups in total. The van der Waals surface area contributed by atoms with Gasteiger partial charge < -0.3 is 14.6 Å². The van der Waals surface area contributed by atoms with Gasteiger partial charge in [0.2, 0.25) is 0 Å². The SMILES string of the molecule is CC(C)(C)[S@@+]([O-])/N=C1\c2ccccc2CC12CC1CCC(C2)N1C(=O)O. The van der Waals surface area contributed by atoms with E-state index in [0.29, 0.717) is 0 Å². The fourth-order valence-corrected chi connectivity index (χ4v) is 5.73. The molecule has 0 saturated carbocycles. The van der Waals surface area contributed by atoms with Crippen LogP contribution in [-0.2, 0) is 17.8 Å². The Morgan fingerprint density at radius 1 is 1.27 bits per heavy atom. The van der Waals surface area contributed by atoms with Crippen molar-refractivity contribution in [2.24, 2.45) is 9.81 Å². The summed E-state index contributed by atoms with van der Waals surface area (Å²) in [6.07, 6.45) is 3.48. The normalized spacial score (nSPS) is 32.9. The molecule has 4 rings (SSSR count). The lowest BCUT2D eigenvalue weighted by Gasteiger charge is -2.43. The predicted molar refractivity (Wildman–Crippen MR) is 103 cm³/mol. The number of carboxylic acid groups (broad SMARTS) is 1. The first-order valence-corrected chi connectivity index (χ1v) is 10.4. The van der Waals surface area contributed by atoms with Crippen LogP contribution >= 0.6 is 0 Å². The van der Waals surface area contributed by atoms with Gasteiger partial charge in [-0.2, -0.15) is 0 Å². The van der Waals surface area contributed by atoms with E-state index >= 15 is 0 Å². The van der Waals surface area contributed by atoms with Crippen LogP contribution in [0.25, 0.3) is 0 Å². The molecule has 0 aromatic heterocycles. The fraction of sp³-hybridized carbons (Fsp3) is 0.600. The van der Waals surface area contributed by atoms with E-state index in [1.54, 1.807) is 4.90 Å². The van der Waals surface area contributed by atoms with Crippen LogP contribution in [0.4, 0.5) is 4.79 Å². The minimum Gasteiger partial charge on any atom is -0.591 e. The number of amides is 1. The smallest absolute Gasteiger partial charge is 0.407 e. The Labute approximate surface area is 157 Å². The summed E-state index contributed by atoms with van der Waals surface area (Å²) < 4.78 is 17.2. The van der Waals surface area contributed by atoms with Crippen LogP contribution in [0, 0.1) is 5.41 Å². The lowest BCUT2D eigenvalue weighted by atomic mass is 9.71. The molecule has 2 fully saturated rings. The molecular weight excluding hydrogens is 348 g/mol. The van der Waals surface area contributed by atoms with E-state index < -0.39 is 22.2 Å². The summed E-state index contributed by atoms with van der Waals surface area (Å²) >= 11 is -1.32. The van der Waals surface area contributed by atoms with Gasteiger partial charge in [0.1, 0.15) is 21.8 Å². The van der Waals surface area contributed by atoms with Gasteiger partial charge in [-0.3, -0.25) is 0 Å². The number of rotatable bonds is 1. The third-order valence-corrected chi connectivity index (χ3v) is 7.49. The Hall–Kier alpha value is -1.53. The Morgan fingerprint density at radius 2 is 1.88 bits per heavy atom. The highest BCUT2D eigenvalue weighted by molar-refractivity contribution is 7.91. The molecule has 0 radical (unpaired) electrons. The van der Waals surface area contributed by atoms with Gasteiger partial charge in [-0.25, -0.2) is 4.79 Å². The Bertz CT molecular complexity index is 757. The molecular formula is C20H26N2O3S. The van der Waals surface area contributed by atoms with Gasteiger partial charge >= 0.3 is 6.09 Å². The van der Waals surface area contributed by atoms with Crippen LogP contribution in [0.3, 0.4) is 0 Å². The Morgan fingerprint density at radius 3 is 2.46 bits per heavy atom. The summed E-state index contributed by atoms with van der Waals surface area (Å²) in [6.45, 7) is 5.83. The van der Waals surface area contributed by atoms with Crippen molar-refractivity contribution in [2.75, 3.05) is 0 Å². The maximum absolute atomic E-state index is 12.8. The van der Waals surface area contributed by atoms with Gasteiger partial charge in [0, 0.05) is 23.1 Å². The van der Waals surface area contributed by atoms with Gasteiger partial charge in [-0.1, -0.05) is 28.7 Å². The van der Waals surface area contributed by atoms with E-state index in [1.807, 2.05) is 32.9 Å². The van der Waals surface area contributed by atoms with Gasteiger partial charge in [-0.15, -0.1) is 0 Å². The molecule has 140 valence electrons. The molecule has 2 heterocycles. The summed E-state index contributed by atoms with van der Waals surface area (Å²) in [4.78, 5) is 13.3. The highest BCUT2D eigenvalue weighted by atomic mass is 32.2. The third-order valence-electron chi connectivity index (χ3n) is 6.10. The number of nitrogens with zero attached hydrogens (tertiary/aromatic N) is 2. The first kappa shape index (κ1) is 17.9. The van der Waals surface area contributed by atoms with Gasteiger partial charge in [0.05, 0.1) is 0 Å². The van der Waals surface area contributed by atoms with Crippen LogP contribution in [0.15, 0.2) is 28.7 Å². The number of fused-ring (bicyclic) bond motifs is 3. The molecule has 2 unspecified atom stereocenters. The quantitative estimate of drug-likeness (QED) is 0.760. The zero-order valence-electron chi connectivity index (χ0n) is 15.6. The summed E-state index contributed by atoms with van der Waals surface area (Å²) in [5.74, 6) is 0. The molecule has 26 heavy (non-hydrogen) atoms. The molecule has 1 amide bonds. The predicted octanol–water partition coefficient (Wildman–Crippen LogP) is 3.79. The number of carbonyl (C=O) groups is 1. The highest BCUT2D eigenvalue weighted by Gasteiger charge is 2.56. The maximum Gasteiger partial charge on any atom is 0.407 e. The largest absolute Gasteiger partial charge is 0.591 e. The molecule has 6 heteroatoms. The molecule has 5 nitrogen and oxygen atoms in total. The highest BCUT2D eigenvalue weighted by Crippen LogP contribution is 2.53. The number of piperidine rings is 1. The van der Waals surface area contributed by atoms with Gasteiger partial charge in [0.15, 0.2) is 0 Å². The third kappa shape index (κ3) is 2.74. The monoisotopic (exact) mass is 374 g/mol. The van der Waals surface area contributed by atoms with Crippen LogP contribution < -0.4 is 0 Å². The van der Waals surface area contributed by atoms with E-state index in [-0.39, 0.29) is 17.5 Å². The van der Waals surface area contributed by atoms with Crippen molar-refractivity contribution in [3.63, 3.8) is 0 Å². The zero-order chi connectivity index (χ0) is 18.7. The summed E-state index contributed by atoms with van der Waals surface area (Å²) in [7, 11) is 0. The van der Waals surface area contributed by atoms with Gasteiger partial charge in [0.25, 0.3) is 0 Å². The van der Waals surface area contributed by atoms with Crippen molar-refractivity contribution in [3.05, 3.63) is 35.4 Å². The fourth-order valence-electron chi connectivity index (χ4n) is 5.00. The second-order valence-electron chi connectivity index (χ2n) is 8.90. The zero-order valence-corrected chi connectivity index (χ0v) is 16.4. The molecule has 1 spiro atoms. The molecule has 2 bridgehead atoms. The van der Waals surface area contributed by atoms with Crippen molar-refractivity contribution in [2.45, 2.75) is 69.7 Å². The summed E-state index contributed by atoms with van der Waals surface area (Å²) in [5, 5.41) is 9.59. The topological polar surface area (TPSA) is 76.0 Å². The van der Waals surface area contributed by atoms with E-state index in [9.17, 15) is 14.5 Å². The number of hydrogen-bond acceptors (Lipinski definition) is 3. The average Bonchev–Trinajstić information content (AvgIpc) is 3.00. The molecule has 3 aliphatic rings. The molecule has 2 saturated heterocycles. The number of benzene rings is 1. The molecule has 1 aromatic rings. The van der Waals surface area contributed by atoms with Crippen LogP contribution in [0.1, 0.15) is 57.6 Å². The Balaban J connectivity index is 1.77. The van der Waals surface area contributed by atoms with Crippen molar-refractivity contribution in [1.82, 2.24) is 4.90 Å². The molecule has 3 atom stereocenters. The summed E-state index contributed by atoms with van der Waals surface area (Å²) in [6, 6.07) is 8.35. The van der Waals surface area contributed by atoms with E-state index in [0.717, 1.165) is 43.4 Å². The van der Waals surface area contributed by atoms with Crippen molar-refractivity contribution in [1.29, 1.82) is 0 Å². The standard InChI is InChI=1S/C20H26N2O3S/c1-19(2,3)26(25)21-17-16-7-5-4-6-13(16)10-20(17)11-14-8-9-15(12-20)22(14)18(23)24/h4-7,14-15H,8-12H2,1-3H3,(H,23,24)/b21-17+/t14?,15?,20?,26-/m1/s1. The van der Waals surface area contributed by atoms with Crippen molar-refractivity contribution >= 4 is 23.2 Å². The van der Waals surface area contributed by atoms with Gasteiger partial charge in [-0.05, 0) is 58.4 Å². The summed E-state index contributed by atoms with van der Waals surface area (Å²) in [5.41, 5.74) is 3.12. The minimum absolute atomic E-state index is 0.0498. The van der Waals surface area contributed by atoms with E-state index in [2.05, 4.69) is 12.1 Å². The lowest BCUT2D eigenvalue weighted by Crippen LogP contribution is -2.52. The lowest BCUT2D eigenvalue weighted by molar-refractivity contribution is 0.0715. The van der Waals surface area contributed by atoms with Crippen LogP contribution in [-0.4, -0.2) is 43.2 Å². The average molecular weight is 375 g/mol. The second-order valence-corrected chi connectivity index (χ2v) is 10.8. The van der Waals surface area contributed by atoms with Crippen LogP contribution in [0.5, 0.6) is 0 Å². The molecule has 1 aliphatic carbocycles. The van der Waals surface area contributed by atoms with Crippen molar-refractivity contribution in [3.8, 4) is 0 Å². The first-order chi connectivity index (χ1) is 12.2. The van der Waals surface area contributed by atoms with E-state index in [1.165, 1.54) is 5.56 Å². The van der Waals surface area contributed by atoms with Crippen LogP contribution in [0.2, 0.25) is 0 Å². The Kier molecular flexibility index (Phi) is 4.12. The van der Waals surface area contributed by atoms with E-state index in [4.69, 9.17) is 4.40 Å². The molecule has 2 aliphatic heterocycles. The van der Waals surface area contributed by atoms with Crippen molar-refractivity contribution < 1.29 is 14.5 Å². The minimum atomic E-state index is -1.32.